The lowest BCUT2D eigenvalue weighted by Crippen LogP contribution is -2.20. The third kappa shape index (κ3) is 6.24. The molecule has 0 radical (unpaired) electrons. The summed E-state index contributed by atoms with van der Waals surface area (Å²) in [5.74, 6) is 1.05. The molecule has 1 saturated carbocycles. The van der Waals surface area contributed by atoms with Gasteiger partial charge in [0.25, 0.3) is 5.91 Å². The number of amides is 1. The van der Waals surface area contributed by atoms with Crippen LogP contribution in [-0.4, -0.2) is 42.8 Å². The van der Waals surface area contributed by atoms with Crippen LogP contribution in [-0.2, 0) is 16.1 Å². The topological polar surface area (TPSA) is 91.7 Å². The van der Waals surface area contributed by atoms with Crippen LogP contribution in [0.25, 0.3) is 22.2 Å². The molecule has 2 heterocycles. The fourth-order valence-electron chi connectivity index (χ4n) is 6.31. The molecule has 1 unspecified atom stereocenters. The molecule has 10 heteroatoms. The number of fused-ring (bicyclic) bond motifs is 1. The average molecular weight is 624 g/mol. The summed E-state index contributed by atoms with van der Waals surface area (Å²) in [6.45, 7) is 6.15. The smallest absolute Gasteiger partial charge is 0.325 e. The molecular formula is C33H38ClN3O5S. The third-order valence-electron chi connectivity index (χ3n) is 8.45. The summed E-state index contributed by atoms with van der Waals surface area (Å²) >= 11 is 7.91. The molecule has 43 heavy (non-hydrogen) atoms. The summed E-state index contributed by atoms with van der Waals surface area (Å²) in [5.41, 5.74) is 4.73. The molecule has 1 aliphatic carbocycles. The minimum Gasteiger partial charge on any atom is -0.496 e. The molecular weight excluding hydrogens is 586 g/mol. The Bertz CT molecular complexity index is 1670. The van der Waals surface area contributed by atoms with Crippen molar-refractivity contribution in [2.24, 2.45) is 5.92 Å². The first kappa shape index (κ1) is 30.9. The minimum absolute atomic E-state index is 0.0818. The van der Waals surface area contributed by atoms with Crippen molar-refractivity contribution in [2.75, 3.05) is 26.6 Å². The molecule has 0 aliphatic heterocycles. The minimum atomic E-state index is -0.435. The maximum atomic E-state index is 13.9. The largest absolute Gasteiger partial charge is 0.496 e. The number of rotatable bonds is 9. The number of ether oxygens (including phenoxy) is 3. The van der Waals surface area contributed by atoms with Crippen LogP contribution in [0, 0.1) is 19.8 Å². The summed E-state index contributed by atoms with van der Waals surface area (Å²) in [5, 5.41) is 4.84. The van der Waals surface area contributed by atoms with Gasteiger partial charge in [0.1, 0.15) is 23.7 Å². The number of aryl methyl sites for hydroxylation is 2. The van der Waals surface area contributed by atoms with Crippen LogP contribution in [0.3, 0.4) is 0 Å². The maximum absolute atomic E-state index is 13.9. The molecule has 4 aromatic rings. The molecule has 2 aromatic heterocycles. The van der Waals surface area contributed by atoms with E-state index in [0.29, 0.717) is 33.3 Å². The molecule has 0 saturated heterocycles. The quantitative estimate of drug-likeness (QED) is 0.189. The Labute approximate surface area is 261 Å². The first-order chi connectivity index (χ1) is 20.6. The van der Waals surface area contributed by atoms with Gasteiger partial charge in [0.05, 0.1) is 37.6 Å². The molecule has 1 N–H and O–H groups in total. The number of hydrogen-bond donors (Lipinski definition) is 1. The van der Waals surface area contributed by atoms with E-state index in [1.807, 2.05) is 38.1 Å². The Morgan fingerprint density at radius 1 is 1.05 bits per heavy atom. The fraction of sp³-hybridized carbons (Fsp3) is 0.424. The first-order valence-electron chi connectivity index (χ1n) is 14.6. The number of hydrogen-bond acceptors (Lipinski definition) is 7. The standard InChI is InChI=1S/C33H38ClN3O5S/c1-18-12-19(2)30-22(13-18)14-25(37(30)17-28(38)42-6)32(39)36-33-35-29(23-15-27(41-5)24(34)16-26(23)40-4)31(43-33)20(3)21-10-8-7-9-11-21/h12-16,20-21H,7-11,17H2,1-6H3,(H,35,36,39). The van der Waals surface area contributed by atoms with Crippen LogP contribution in [0.2, 0.25) is 5.02 Å². The molecule has 228 valence electrons. The molecule has 5 rings (SSSR count). The number of anilines is 1. The van der Waals surface area contributed by atoms with Gasteiger partial charge in [-0.1, -0.05) is 49.4 Å². The third-order valence-corrected chi connectivity index (χ3v) is 9.92. The first-order valence-corrected chi connectivity index (χ1v) is 15.8. The molecule has 1 atom stereocenters. The van der Waals surface area contributed by atoms with E-state index in [9.17, 15) is 9.59 Å². The van der Waals surface area contributed by atoms with Crippen LogP contribution in [0.15, 0.2) is 30.3 Å². The number of aromatic nitrogens is 2. The lowest BCUT2D eigenvalue weighted by Gasteiger charge is -2.27. The SMILES string of the molecule is COC(=O)Cn1c(C(=O)Nc2nc(-c3cc(OC)c(Cl)cc3OC)c(C(C)C3CCCCC3)s2)cc2cc(C)cc(C)c21. The molecule has 0 bridgehead atoms. The van der Waals surface area contributed by atoms with Crippen molar-refractivity contribution in [3.05, 3.63) is 57.1 Å². The van der Waals surface area contributed by atoms with E-state index < -0.39 is 5.97 Å². The maximum Gasteiger partial charge on any atom is 0.325 e. The van der Waals surface area contributed by atoms with Crippen LogP contribution in [0.4, 0.5) is 5.13 Å². The summed E-state index contributed by atoms with van der Waals surface area (Å²) in [6.07, 6.45) is 6.02. The molecule has 1 fully saturated rings. The molecule has 2 aromatic carbocycles. The Morgan fingerprint density at radius 3 is 2.44 bits per heavy atom. The Balaban J connectivity index is 1.59. The highest BCUT2D eigenvalue weighted by atomic mass is 35.5. The van der Waals surface area contributed by atoms with Crippen LogP contribution in [0.1, 0.15) is 71.4 Å². The second-order valence-corrected chi connectivity index (χ2v) is 12.7. The Hall–Kier alpha value is -3.56. The van der Waals surface area contributed by atoms with E-state index in [2.05, 4.69) is 12.2 Å². The van der Waals surface area contributed by atoms with Crippen molar-refractivity contribution in [3.63, 3.8) is 0 Å². The van der Waals surface area contributed by atoms with E-state index in [1.54, 1.807) is 24.9 Å². The summed E-state index contributed by atoms with van der Waals surface area (Å²) in [7, 11) is 4.52. The van der Waals surface area contributed by atoms with Gasteiger partial charge in [-0.05, 0) is 62.3 Å². The number of halogens is 1. The van der Waals surface area contributed by atoms with E-state index >= 15 is 0 Å². The number of methoxy groups -OCH3 is 3. The summed E-state index contributed by atoms with van der Waals surface area (Å²) < 4.78 is 17.9. The van der Waals surface area contributed by atoms with Crippen molar-refractivity contribution >= 4 is 50.8 Å². The van der Waals surface area contributed by atoms with E-state index in [-0.39, 0.29) is 18.4 Å². The van der Waals surface area contributed by atoms with Crippen LogP contribution in [0.5, 0.6) is 11.5 Å². The highest BCUT2D eigenvalue weighted by Crippen LogP contribution is 2.47. The second kappa shape index (κ2) is 13.0. The number of nitrogens with one attached hydrogen (secondary N) is 1. The number of nitrogens with zero attached hydrogens (tertiary/aromatic N) is 2. The van der Waals surface area contributed by atoms with Gasteiger partial charge >= 0.3 is 5.97 Å². The summed E-state index contributed by atoms with van der Waals surface area (Å²) in [4.78, 5) is 32.3. The number of esters is 1. The highest BCUT2D eigenvalue weighted by molar-refractivity contribution is 7.16. The normalized spacial score (nSPS) is 14.5. The monoisotopic (exact) mass is 623 g/mol. The van der Waals surface area contributed by atoms with Gasteiger partial charge in [-0.2, -0.15) is 0 Å². The van der Waals surface area contributed by atoms with E-state index in [0.717, 1.165) is 51.0 Å². The molecule has 8 nitrogen and oxygen atoms in total. The van der Waals surface area contributed by atoms with Gasteiger partial charge in [0, 0.05) is 21.9 Å². The lowest BCUT2D eigenvalue weighted by atomic mass is 9.79. The number of benzene rings is 2. The van der Waals surface area contributed by atoms with E-state index in [4.69, 9.17) is 30.8 Å². The van der Waals surface area contributed by atoms with Gasteiger partial charge in [-0.25, -0.2) is 4.98 Å². The van der Waals surface area contributed by atoms with Gasteiger partial charge in [0.2, 0.25) is 0 Å². The zero-order chi connectivity index (χ0) is 30.8. The van der Waals surface area contributed by atoms with Crippen molar-refractivity contribution < 1.29 is 23.8 Å². The zero-order valence-electron chi connectivity index (χ0n) is 25.5. The Morgan fingerprint density at radius 2 is 1.77 bits per heavy atom. The van der Waals surface area contributed by atoms with Gasteiger partial charge in [-0.15, -0.1) is 11.3 Å². The molecule has 0 spiro atoms. The predicted molar refractivity (Wildman–Crippen MR) is 172 cm³/mol. The molecule has 1 aliphatic rings. The predicted octanol–water partition coefficient (Wildman–Crippen LogP) is 8.16. The van der Waals surface area contributed by atoms with Gasteiger partial charge in [-0.3, -0.25) is 14.9 Å². The van der Waals surface area contributed by atoms with Crippen molar-refractivity contribution in [2.45, 2.75) is 65.3 Å². The van der Waals surface area contributed by atoms with Crippen molar-refractivity contribution in [1.29, 1.82) is 0 Å². The van der Waals surface area contributed by atoms with Crippen molar-refractivity contribution in [1.82, 2.24) is 9.55 Å². The zero-order valence-corrected chi connectivity index (χ0v) is 27.1. The highest BCUT2D eigenvalue weighted by Gasteiger charge is 2.29. The van der Waals surface area contributed by atoms with Crippen LogP contribution >= 0.6 is 22.9 Å². The number of carbonyl (C=O) groups excluding carboxylic acids is 2. The number of thiazole rings is 1. The van der Waals surface area contributed by atoms with Gasteiger partial charge < -0.3 is 18.8 Å². The van der Waals surface area contributed by atoms with Crippen LogP contribution < -0.4 is 14.8 Å². The summed E-state index contributed by atoms with van der Waals surface area (Å²) in [6, 6.07) is 9.45. The molecule has 1 amide bonds. The van der Waals surface area contributed by atoms with Gasteiger partial charge in [0.15, 0.2) is 5.13 Å². The second-order valence-electron chi connectivity index (χ2n) is 11.3. The Kier molecular flexibility index (Phi) is 9.32. The number of carbonyl (C=O) groups is 2. The fourth-order valence-corrected chi connectivity index (χ4v) is 7.66. The van der Waals surface area contributed by atoms with E-state index in [1.165, 1.54) is 37.7 Å². The van der Waals surface area contributed by atoms with Crippen molar-refractivity contribution in [3.8, 4) is 22.8 Å². The average Bonchev–Trinajstić information content (AvgIpc) is 3.58. The lowest BCUT2D eigenvalue weighted by molar-refractivity contribution is -0.141.